The molecule has 0 unspecified atom stereocenters. The summed E-state index contributed by atoms with van der Waals surface area (Å²) in [5.41, 5.74) is 1.63. The normalized spacial score (nSPS) is 14.3. The monoisotopic (exact) mass is 414 g/mol. The number of carbonyl (C=O) groups is 2. The molecule has 0 aliphatic heterocycles. The van der Waals surface area contributed by atoms with Crippen LogP contribution in [0.4, 0.5) is 10.5 Å². The number of amides is 2. The zero-order valence-corrected chi connectivity index (χ0v) is 17.5. The molecule has 1 N–H and O–H groups in total. The smallest absolute Gasteiger partial charge is 0.410 e. The zero-order chi connectivity index (χ0) is 20.6. The van der Waals surface area contributed by atoms with Crippen LogP contribution in [0, 0.1) is 0 Å². The highest BCUT2D eigenvalue weighted by molar-refractivity contribution is 6.30. The van der Waals surface area contributed by atoms with Crippen LogP contribution >= 0.6 is 11.6 Å². The molecule has 0 spiro atoms. The highest BCUT2D eigenvalue weighted by atomic mass is 35.5. The molecule has 1 aliphatic rings. The number of hydrogen-bond acceptors (Lipinski definition) is 3. The number of anilines is 1. The van der Waals surface area contributed by atoms with Gasteiger partial charge in [-0.15, -0.1) is 0 Å². The van der Waals surface area contributed by atoms with Crippen LogP contribution in [0.2, 0.25) is 5.02 Å². The number of halogens is 1. The number of nitrogens with one attached hydrogen (secondary N) is 1. The van der Waals surface area contributed by atoms with Crippen molar-refractivity contribution in [2.24, 2.45) is 0 Å². The number of benzene rings is 2. The van der Waals surface area contributed by atoms with Gasteiger partial charge in [0.2, 0.25) is 5.91 Å². The van der Waals surface area contributed by atoms with E-state index in [1.54, 1.807) is 31.2 Å². The molecule has 0 atom stereocenters. The van der Waals surface area contributed by atoms with Gasteiger partial charge in [0.05, 0.1) is 0 Å². The van der Waals surface area contributed by atoms with Crippen molar-refractivity contribution >= 4 is 29.3 Å². The van der Waals surface area contributed by atoms with Crippen LogP contribution in [0.3, 0.4) is 0 Å². The first kappa shape index (κ1) is 21.2. The van der Waals surface area contributed by atoms with Gasteiger partial charge in [-0.1, -0.05) is 56.0 Å². The first-order valence-corrected chi connectivity index (χ1v) is 10.6. The number of nitrogens with zero attached hydrogens (tertiary/aromatic N) is 1. The quantitative estimate of drug-likeness (QED) is 0.628. The Labute approximate surface area is 177 Å². The Hall–Kier alpha value is -2.53. The summed E-state index contributed by atoms with van der Waals surface area (Å²) in [6.45, 7) is 2.27. The van der Waals surface area contributed by atoms with Crippen molar-refractivity contribution in [3.63, 3.8) is 0 Å². The van der Waals surface area contributed by atoms with Gasteiger partial charge in [-0.2, -0.15) is 0 Å². The lowest BCUT2D eigenvalue weighted by atomic mass is 9.94. The molecule has 2 amide bonds. The Morgan fingerprint density at radius 2 is 1.83 bits per heavy atom. The van der Waals surface area contributed by atoms with E-state index in [4.69, 9.17) is 16.3 Å². The van der Waals surface area contributed by atoms with Gasteiger partial charge < -0.3 is 15.0 Å². The fraction of sp³-hybridized carbons (Fsp3) is 0.391. The fourth-order valence-corrected chi connectivity index (χ4v) is 3.69. The molecule has 2 aromatic carbocycles. The maximum Gasteiger partial charge on any atom is 0.415 e. The molecule has 1 aliphatic carbocycles. The van der Waals surface area contributed by atoms with E-state index in [1.165, 1.54) is 6.42 Å². The molecule has 0 radical (unpaired) electrons. The average Bonchev–Trinajstić information content (AvgIpc) is 2.74. The molecule has 2 aromatic rings. The van der Waals surface area contributed by atoms with Crippen molar-refractivity contribution in [2.75, 3.05) is 5.32 Å². The number of ether oxygens (including phenoxy) is 1. The average molecular weight is 415 g/mol. The molecule has 3 rings (SSSR count). The maximum atomic E-state index is 13.1. The fourth-order valence-electron chi connectivity index (χ4n) is 3.57. The van der Waals surface area contributed by atoms with E-state index >= 15 is 0 Å². The molecule has 154 valence electrons. The molecular formula is C23H27ClN2O3. The minimum Gasteiger partial charge on any atom is -0.410 e. The summed E-state index contributed by atoms with van der Waals surface area (Å²) in [4.78, 5) is 26.5. The molecule has 0 bridgehead atoms. The van der Waals surface area contributed by atoms with E-state index < -0.39 is 0 Å². The zero-order valence-electron chi connectivity index (χ0n) is 16.7. The van der Waals surface area contributed by atoms with Gasteiger partial charge in [0.15, 0.2) is 0 Å². The number of rotatable bonds is 6. The Balaban J connectivity index is 1.74. The molecule has 1 saturated carbocycles. The van der Waals surface area contributed by atoms with Crippen molar-refractivity contribution in [1.82, 2.24) is 4.90 Å². The van der Waals surface area contributed by atoms with Gasteiger partial charge in [-0.3, -0.25) is 4.79 Å². The Morgan fingerprint density at radius 1 is 1.10 bits per heavy atom. The van der Waals surface area contributed by atoms with Crippen LogP contribution in [-0.2, 0) is 11.3 Å². The Kier molecular flexibility index (Phi) is 7.53. The predicted molar refractivity (Wildman–Crippen MR) is 115 cm³/mol. The van der Waals surface area contributed by atoms with Crippen molar-refractivity contribution in [3.8, 4) is 5.75 Å². The van der Waals surface area contributed by atoms with E-state index in [1.807, 2.05) is 29.2 Å². The van der Waals surface area contributed by atoms with Crippen LogP contribution in [0.25, 0.3) is 0 Å². The largest absolute Gasteiger partial charge is 0.415 e. The second-order valence-electron chi connectivity index (χ2n) is 7.34. The third kappa shape index (κ3) is 6.23. The van der Waals surface area contributed by atoms with Gasteiger partial charge in [0.1, 0.15) is 5.75 Å². The summed E-state index contributed by atoms with van der Waals surface area (Å²) in [7, 11) is 0. The maximum absolute atomic E-state index is 13.1. The van der Waals surface area contributed by atoms with Crippen molar-refractivity contribution in [2.45, 2.75) is 58.0 Å². The Bertz CT molecular complexity index is 832. The summed E-state index contributed by atoms with van der Waals surface area (Å²) in [6, 6.07) is 14.6. The van der Waals surface area contributed by atoms with Crippen LogP contribution in [-0.4, -0.2) is 22.9 Å². The second kappa shape index (κ2) is 10.3. The van der Waals surface area contributed by atoms with Crippen LogP contribution < -0.4 is 10.1 Å². The van der Waals surface area contributed by atoms with E-state index in [9.17, 15) is 9.59 Å². The predicted octanol–water partition coefficient (Wildman–Crippen LogP) is 6.02. The molecule has 0 aromatic heterocycles. The molecule has 6 heteroatoms. The first-order valence-electron chi connectivity index (χ1n) is 10.2. The van der Waals surface area contributed by atoms with Gasteiger partial charge in [0.25, 0.3) is 0 Å². The summed E-state index contributed by atoms with van der Waals surface area (Å²) in [6.07, 6.45) is 5.43. The van der Waals surface area contributed by atoms with E-state index in [0.717, 1.165) is 31.2 Å². The molecule has 1 fully saturated rings. The lowest BCUT2D eigenvalue weighted by Crippen LogP contribution is -2.42. The number of hydrogen-bond donors (Lipinski definition) is 1. The topological polar surface area (TPSA) is 58.6 Å². The summed E-state index contributed by atoms with van der Waals surface area (Å²) in [5.74, 6) is 0.334. The van der Waals surface area contributed by atoms with Gasteiger partial charge in [-0.05, 0) is 42.7 Å². The third-order valence-electron chi connectivity index (χ3n) is 5.16. The van der Waals surface area contributed by atoms with Gasteiger partial charge in [0, 0.05) is 35.8 Å². The molecule has 5 nitrogen and oxygen atoms in total. The number of carbonyl (C=O) groups excluding carboxylic acids is 2. The van der Waals surface area contributed by atoms with E-state index in [0.29, 0.717) is 29.4 Å². The highest BCUT2D eigenvalue weighted by Gasteiger charge is 2.27. The van der Waals surface area contributed by atoms with Crippen LogP contribution in [0.15, 0.2) is 48.5 Å². The minimum absolute atomic E-state index is 0.0833. The summed E-state index contributed by atoms with van der Waals surface area (Å²) < 4.78 is 5.69. The molecular weight excluding hydrogens is 388 g/mol. The van der Waals surface area contributed by atoms with Crippen LogP contribution in [0.5, 0.6) is 5.75 Å². The van der Waals surface area contributed by atoms with Gasteiger partial charge >= 0.3 is 6.09 Å². The first-order chi connectivity index (χ1) is 14.0. The van der Waals surface area contributed by atoms with Crippen LogP contribution in [0.1, 0.15) is 51.0 Å². The SMILES string of the molecule is CCC(=O)Nc1cccc(OC(=O)N(Cc2ccc(Cl)cc2)C2CCCCC2)c1. The lowest BCUT2D eigenvalue weighted by molar-refractivity contribution is -0.115. The molecule has 29 heavy (non-hydrogen) atoms. The van der Waals surface area contributed by atoms with E-state index in [-0.39, 0.29) is 18.0 Å². The molecule has 0 heterocycles. The highest BCUT2D eigenvalue weighted by Crippen LogP contribution is 2.26. The minimum atomic E-state index is -0.370. The summed E-state index contributed by atoms with van der Waals surface area (Å²) >= 11 is 5.99. The standard InChI is InChI=1S/C23H27ClN2O3/c1-2-22(27)25-19-7-6-10-21(15-19)29-23(28)26(20-8-4-3-5-9-20)16-17-11-13-18(24)14-12-17/h6-7,10-15,20H,2-5,8-9,16H2,1H3,(H,25,27). The van der Waals surface area contributed by atoms with Crippen molar-refractivity contribution in [1.29, 1.82) is 0 Å². The van der Waals surface area contributed by atoms with Crippen molar-refractivity contribution < 1.29 is 14.3 Å². The molecule has 0 saturated heterocycles. The lowest BCUT2D eigenvalue weighted by Gasteiger charge is -2.33. The Morgan fingerprint density at radius 3 is 2.52 bits per heavy atom. The summed E-state index contributed by atoms with van der Waals surface area (Å²) in [5, 5.41) is 3.46. The van der Waals surface area contributed by atoms with E-state index in [2.05, 4.69) is 5.32 Å². The third-order valence-corrected chi connectivity index (χ3v) is 5.41. The van der Waals surface area contributed by atoms with Gasteiger partial charge in [-0.25, -0.2) is 4.79 Å². The van der Waals surface area contributed by atoms with Crippen molar-refractivity contribution in [3.05, 3.63) is 59.1 Å². The second-order valence-corrected chi connectivity index (χ2v) is 7.78.